The maximum Gasteiger partial charge on any atom is 0.393 e. The predicted molar refractivity (Wildman–Crippen MR) is 119 cm³/mol. The lowest BCUT2D eigenvalue weighted by Crippen LogP contribution is -2.51. The van der Waals surface area contributed by atoms with E-state index in [1.54, 1.807) is 18.2 Å². The highest BCUT2D eigenvalue weighted by atomic mass is 32.1. The van der Waals surface area contributed by atoms with Crippen molar-refractivity contribution in [1.82, 2.24) is 26.1 Å². The van der Waals surface area contributed by atoms with Gasteiger partial charge in [0, 0.05) is 13.1 Å². The summed E-state index contributed by atoms with van der Waals surface area (Å²) in [5.41, 5.74) is 0.513. The van der Waals surface area contributed by atoms with E-state index in [1.807, 2.05) is 0 Å². The molecule has 4 N–H and O–H groups in total. The van der Waals surface area contributed by atoms with Crippen molar-refractivity contribution < 1.29 is 31.7 Å². The van der Waals surface area contributed by atoms with Gasteiger partial charge in [-0.2, -0.15) is 18.2 Å². The molecule has 2 aromatic heterocycles. The fraction of sp³-hybridized carbons (Fsp3) is 0.429. The molecule has 2 saturated heterocycles. The number of nitrogens with one attached hydrogen (secondary N) is 4. The van der Waals surface area contributed by atoms with Gasteiger partial charge in [0.1, 0.15) is 12.2 Å². The van der Waals surface area contributed by atoms with E-state index in [4.69, 9.17) is 4.52 Å². The third-order valence-electron chi connectivity index (χ3n) is 5.87. The highest BCUT2D eigenvalue weighted by molar-refractivity contribution is 7.23. The van der Waals surface area contributed by atoms with Gasteiger partial charge in [-0.05, 0) is 30.0 Å². The Morgan fingerprint density at radius 1 is 1.20 bits per heavy atom. The molecule has 186 valence electrons. The number of benzene rings is 1. The zero-order valence-corrected chi connectivity index (χ0v) is 18.9. The van der Waals surface area contributed by atoms with E-state index in [2.05, 4.69) is 31.4 Å². The normalized spacial score (nSPS) is 23.3. The number of hydrogen-bond acceptors (Lipinski definition) is 8. The quantitative estimate of drug-likeness (QED) is 0.306. The molecule has 2 aliphatic rings. The second kappa shape index (κ2) is 9.07. The molecule has 2 amide bonds. The average molecular weight is 512 g/mol. The Labute approximate surface area is 199 Å². The second-order valence-electron chi connectivity index (χ2n) is 8.34. The number of halogens is 4. The highest BCUT2D eigenvalue weighted by Crippen LogP contribution is 2.43. The van der Waals surface area contributed by atoms with Gasteiger partial charge in [0.15, 0.2) is 0 Å². The maximum absolute atomic E-state index is 14.4. The summed E-state index contributed by atoms with van der Waals surface area (Å²) >= 11 is 1.05. The van der Waals surface area contributed by atoms with Gasteiger partial charge >= 0.3 is 18.0 Å². The van der Waals surface area contributed by atoms with Gasteiger partial charge in [0.05, 0.1) is 27.7 Å². The molecule has 5 rings (SSSR count). The minimum Gasteiger partial charge on any atom is -0.378 e. The van der Waals surface area contributed by atoms with Crippen molar-refractivity contribution in [2.75, 3.05) is 25.0 Å². The number of carbonyl (C=O) groups excluding carboxylic acids is 2. The van der Waals surface area contributed by atoms with Crippen LogP contribution in [0.4, 0.5) is 23.2 Å². The van der Waals surface area contributed by atoms with E-state index < -0.39 is 42.7 Å². The molecule has 0 spiro atoms. The smallest absolute Gasteiger partial charge is 0.378 e. The van der Waals surface area contributed by atoms with Crippen LogP contribution in [0.5, 0.6) is 0 Å². The molecular formula is C21H20F4N6O3S. The van der Waals surface area contributed by atoms with Crippen molar-refractivity contribution in [1.29, 1.82) is 0 Å². The van der Waals surface area contributed by atoms with E-state index in [1.165, 1.54) is 0 Å². The zero-order chi connectivity index (χ0) is 24.7. The van der Waals surface area contributed by atoms with Crippen molar-refractivity contribution >= 4 is 38.9 Å². The first-order valence-corrected chi connectivity index (χ1v) is 11.7. The van der Waals surface area contributed by atoms with Crippen molar-refractivity contribution in [3.63, 3.8) is 0 Å². The summed E-state index contributed by atoms with van der Waals surface area (Å²) in [6.07, 6.45) is -6.33. The number of nitrogens with zero attached hydrogens (tertiary/aromatic N) is 2. The van der Waals surface area contributed by atoms with Crippen LogP contribution in [0.15, 0.2) is 22.7 Å². The molecule has 0 radical (unpaired) electrons. The number of piperidine rings is 1. The van der Waals surface area contributed by atoms with Crippen LogP contribution in [0.3, 0.4) is 0 Å². The molecular weight excluding hydrogens is 492 g/mol. The van der Waals surface area contributed by atoms with Crippen molar-refractivity contribution in [2.45, 2.75) is 37.3 Å². The van der Waals surface area contributed by atoms with Crippen LogP contribution < -0.4 is 21.3 Å². The Kier molecular flexibility index (Phi) is 6.09. The number of piperazine rings is 1. The van der Waals surface area contributed by atoms with Crippen molar-refractivity contribution in [3.8, 4) is 10.7 Å². The molecule has 0 saturated carbocycles. The maximum atomic E-state index is 14.4. The van der Waals surface area contributed by atoms with Gasteiger partial charge < -0.3 is 25.8 Å². The molecule has 4 heterocycles. The number of aromatic nitrogens is 2. The number of amides is 2. The van der Waals surface area contributed by atoms with Crippen LogP contribution in [-0.2, 0) is 16.0 Å². The van der Waals surface area contributed by atoms with E-state index in [0.29, 0.717) is 28.7 Å². The monoisotopic (exact) mass is 512 g/mol. The summed E-state index contributed by atoms with van der Waals surface area (Å²) < 4.78 is 60.7. The third-order valence-corrected chi connectivity index (χ3v) is 7.14. The van der Waals surface area contributed by atoms with Crippen LogP contribution in [0, 0.1) is 0 Å². The van der Waals surface area contributed by atoms with Crippen molar-refractivity contribution in [3.05, 3.63) is 29.7 Å². The molecule has 1 aromatic carbocycles. The van der Waals surface area contributed by atoms with E-state index in [-0.39, 0.29) is 35.2 Å². The van der Waals surface area contributed by atoms with E-state index in [0.717, 1.165) is 11.3 Å². The van der Waals surface area contributed by atoms with Crippen LogP contribution in [-0.4, -0.2) is 60.0 Å². The minimum absolute atomic E-state index is 0.00272. The fourth-order valence-corrected chi connectivity index (χ4v) is 5.41. The fourth-order valence-electron chi connectivity index (χ4n) is 4.19. The Hall–Kier alpha value is -3.26. The number of anilines is 1. The van der Waals surface area contributed by atoms with Gasteiger partial charge in [-0.3, -0.25) is 9.59 Å². The molecule has 2 fully saturated rings. The summed E-state index contributed by atoms with van der Waals surface area (Å²) in [4.78, 5) is 27.4. The van der Waals surface area contributed by atoms with Gasteiger partial charge in [0.25, 0.3) is 5.89 Å². The van der Waals surface area contributed by atoms with Crippen LogP contribution in [0.2, 0.25) is 0 Å². The Morgan fingerprint density at radius 3 is 2.77 bits per heavy atom. The number of hydrogen-bond donors (Lipinski definition) is 4. The summed E-state index contributed by atoms with van der Waals surface area (Å²) in [5, 5.41) is 15.1. The first-order valence-electron chi connectivity index (χ1n) is 10.8. The van der Waals surface area contributed by atoms with E-state index in [9.17, 15) is 27.2 Å². The number of alkyl halides is 4. The Bertz CT molecular complexity index is 1280. The van der Waals surface area contributed by atoms with Crippen LogP contribution >= 0.6 is 11.3 Å². The number of rotatable bonds is 5. The lowest BCUT2D eigenvalue weighted by molar-refractivity contribution is -0.141. The Balaban J connectivity index is 1.53. The third kappa shape index (κ3) is 4.80. The summed E-state index contributed by atoms with van der Waals surface area (Å²) in [5.74, 6) is -1.79. The molecule has 2 aliphatic heterocycles. The molecule has 0 bridgehead atoms. The van der Waals surface area contributed by atoms with Crippen molar-refractivity contribution in [2.24, 2.45) is 0 Å². The molecule has 3 aromatic rings. The molecule has 9 nitrogen and oxygen atoms in total. The lowest BCUT2D eigenvalue weighted by atomic mass is 10.0. The zero-order valence-electron chi connectivity index (χ0n) is 18.0. The summed E-state index contributed by atoms with van der Waals surface area (Å²) in [6, 6.07) is 3.63. The van der Waals surface area contributed by atoms with Gasteiger partial charge in [-0.25, -0.2) is 4.39 Å². The molecule has 35 heavy (non-hydrogen) atoms. The first kappa shape index (κ1) is 23.5. The van der Waals surface area contributed by atoms with Crippen LogP contribution in [0.1, 0.15) is 23.9 Å². The molecule has 0 unspecified atom stereocenters. The topological polar surface area (TPSA) is 121 Å². The molecule has 3 atom stereocenters. The molecule has 0 aliphatic carbocycles. The lowest BCUT2D eigenvalue weighted by Gasteiger charge is -2.28. The first-order chi connectivity index (χ1) is 16.7. The second-order valence-corrected chi connectivity index (χ2v) is 9.36. The van der Waals surface area contributed by atoms with Crippen LogP contribution in [0.25, 0.3) is 20.8 Å². The van der Waals surface area contributed by atoms with E-state index >= 15 is 0 Å². The summed E-state index contributed by atoms with van der Waals surface area (Å²) in [6.45, 7) is 0.835. The highest BCUT2D eigenvalue weighted by Gasteiger charge is 2.35. The number of fused-ring (bicyclic) bond motifs is 1. The average Bonchev–Trinajstić information content (AvgIpc) is 3.42. The standard InChI is InChI=1S/C21H20F4N6O3S/c22-11-7-26-5-4-12(11)28-13-3-1-2-9-10(6-21(23,24)25)16(35-15(9)13)17-30-20(34-31-17)14-8-27-18(32)19(33)29-14/h1-3,11-12,14,26,28H,4-8H2,(H,27,32)(H,29,33)/t11-,12+,14+/m0/s1. The predicted octanol–water partition coefficient (Wildman–Crippen LogP) is 2.46. The largest absolute Gasteiger partial charge is 0.393 e. The summed E-state index contributed by atoms with van der Waals surface area (Å²) in [7, 11) is 0. The van der Waals surface area contributed by atoms with Gasteiger partial charge in [-0.1, -0.05) is 17.3 Å². The van der Waals surface area contributed by atoms with Gasteiger partial charge in [-0.15, -0.1) is 11.3 Å². The Morgan fingerprint density at radius 2 is 2.03 bits per heavy atom. The number of carbonyl (C=O) groups is 2. The molecule has 14 heteroatoms. The number of thiophene rings is 1. The van der Waals surface area contributed by atoms with Gasteiger partial charge in [0.2, 0.25) is 5.82 Å². The minimum atomic E-state index is -4.50. The SMILES string of the molecule is O=C1NC[C@H](c2nc(-c3sc4c(N[C@@H]5CCNC[C@@H]5F)cccc4c3CC(F)(F)F)no2)NC1=O.